The first-order valence-electron chi connectivity index (χ1n) is 4.13. The normalized spacial score (nSPS) is 14.4. The summed E-state index contributed by atoms with van der Waals surface area (Å²) in [6, 6.07) is 0. The van der Waals surface area contributed by atoms with Gasteiger partial charge in [0.2, 0.25) is 0 Å². The molecule has 0 aliphatic carbocycles. The lowest BCUT2D eigenvalue weighted by Gasteiger charge is -2.14. The van der Waals surface area contributed by atoms with Crippen LogP contribution in [0.25, 0.3) is 0 Å². The first kappa shape index (κ1) is 11.5. The lowest BCUT2D eigenvalue weighted by Crippen LogP contribution is -2.13. The summed E-state index contributed by atoms with van der Waals surface area (Å²) < 4.78 is 35.9. The van der Waals surface area contributed by atoms with Crippen LogP contribution in [0.1, 0.15) is 33.1 Å². The van der Waals surface area contributed by atoms with Gasteiger partial charge in [0.15, 0.2) is 0 Å². The number of hydrogen-bond acceptors (Lipinski definition) is 0. The Kier molecular flexibility index (Phi) is 4.35. The third-order valence-electron chi connectivity index (χ3n) is 1.78. The minimum absolute atomic E-state index is 0.0668. The summed E-state index contributed by atoms with van der Waals surface area (Å²) in [7, 11) is 0. The quantitative estimate of drug-likeness (QED) is 0.575. The minimum Gasteiger partial charge on any atom is -0.167 e. The maximum atomic E-state index is 12.0. The van der Waals surface area contributed by atoms with Gasteiger partial charge in [0, 0.05) is 5.57 Å². The summed E-state index contributed by atoms with van der Waals surface area (Å²) in [5.74, 6) is 0.0872. The van der Waals surface area contributed by atoms with Gasteiger partial charge in [-0.1, -0.05) is 33.3 Å². The van der Waals surface area contributed by atoms with Crippen LogP contribution < -0.4 is 0 Å². The van der Waals surface area contributed by atoms with E-state index >= 15 is 0 Å². The Morgan fingerprint density at radius 2 is 1.92 bits per heavy atom. The maximum Gasteiger partial charge on any atom is 0.412 e. The molecule has 72 valence electrons. The number of alkyl halides is 3. The average Bonchev–Trinajstić information content (AvgIpc) is 1.85. The first-order chi connectivity index (χ1) is 5.38. The van der Waals surface area contributed by atoms with E-state index in [0.29, 0.717) is 0 Å². The molecular weight excluding hydrogens is 165 g/mol. The van der Waals surface area contributed by atoms with Crippen molar-refractivity contribution in [2.45, 2.75) is 39.3 Å². The van der Waals surface area contributed by atoms with Crippen molar-refractivity contribution in [3.05, 3.63) is 12.2 Å². The molecule has 0 aromatic rings. The number of hydrogen-bond donors (Lipinski definition) is 0. The van der Waals surface area contributed by atoms with Gasteiger partial charge in [-0.3, -0.25) is 0 Å². The van der Waals surface area contributed by atoms with Crippen molar-refractivity contribution in [1.29, 1.82) is 0 Å². The highest BCUT2D eigenvalue weighted by molar-refractivity contribution is 5.02. The van der Waals surface area contributed by atoms with Crippen LogP contribution in [0.3, 0.4) is 0 Å². The fourth-order valence-electron chi connectivity index (χ4n) is 1.13. The second-order valence-corrected chi connectivity index (χ2v) is 3.20. The highest BCUT2D eigenvalue weighted by Crippen LogP contribution is 2.29. The third kappa shape index (κ3) is 4.42. The Hall–Kier alpha value is -0.470. The van der Waals surface area contributed by atoms with Crippen LogP contribution in [-0.4, -0.2) is 6.18 Å². The van der Waals surface area contributed by atoms with Crippen molar-refractivity contribution < 1.29 is 13.2 Å². The number of halogens is 3. The summed E-state index contributed by atoms with van der Waals surface area (Å²) >= 11 is 0. The van der Waals surface area contributed by atoms with Crippen LogP contribution in [0.4, 0.5) is 13.2 Å². The zero-order valence-corrected chi connectivity index (χ0v) is 7.54. The predicted molar refractivity (Wildman–Crippen MR) is 43.9 cm³/mol. The molecule has 0 rings (SSSR count). The third-order valence-corrected chi connectivity index (χ3v) is 1.78. The molecular formula is C9H15F3. The largest absolute Gasteiger partial charge is 0.412 e. The number of allylic oxidation sites excluding steroid dienone is 1. The van der Waals surface area contributed by atoms with Crippen LogP contribution in [0.15, 0.2) is 12.2 Å². The van der Waals surface area contributed by atoms with E-state index in [-0.39, 0.29) is 12.3 Å². The van der Waals surface area contributed by atoms with Gasteiger partial charge >= 0.3 is 6.18 Å². The van der Waals surface area contributed by atoms with Crippen molar-refractivity contribution in [2.75, 3.05) is 0 Å². The molecule has 0 nitrogen and oxygen atoms in total. The molecule has 0 heterocycles. The Morgan fingerprint density at radius 1 is 1.42 bits per heavy atom. The smallest absolute Gasteiger partial charge is 0.167 e. The van der Waals surface area contributed by atoms with Crippen molar-refractivity contribution in [3.63, 3.8) is 0 Å². The van der Waals surface area contributed by atoms with Crippen molar-refractivity contribution in [1.82, 2.24) is 0 Å². The molecule has 1 unspecified atom stereocenters. The Morgan fingerprint density at radius 3 is 2.25 bits per heavy atom. The highest BCUT2D eigenvalue weighted by atomic mass is 19.4. The molecule has 0 spiro atoms. The number of rotatable bonds is 4. The Labute approximate surface area is 71.5 Å². The fraction of sp³-hybridized carbons (Fsp3) is 0.778. The van der Waals surface area contributed by atoms with Gasteiger partial charge in [0.05, 0.1) is 0 Å². The van der Waals surface area contributed by atoms with Crippen LogP contribution >= 0.6 is 0 Å². The van der Waals surface area contributed by atoms with Gasteiger partial charge in [-0.05, 0) is 12.3 Å². The van der Waals surface area contributed by atoms with E-state index < -0.39 is 11.7 Å². The van der Waals surface area contributed by atoms with E-state index in [1.54, 1.807) is 0 Å². The van der Waals surface area contributed by atoms with E-state index in [4.69, 9.17) is 0 Å². The van der Waals surface area contributed by atoms with Gasteiger partial charge in [-0.15, -0.1) is 0 Å². The standard InChI is InChI=1S/C9H15F3/c1-4-5-7(2)6-8(3)9(10,11)12/h7H,3-6H2,1-2H3. The average molecular weight is 180 g/mol. The zero-order chi connectivity index (χ0) is 9.78. The lowest BCUT2D eigenvalue weighted by molar-refractivity contribution is -0.0948. The SMILES string of the molecule is C=C(CC(C)CCC)C(F)(F)F. The first-order valence-corrected chi connectivity index (χ1v) is 4.13. The van der Waals surface area contributed by atoms with E-state index in [1.165, 1.54) is 0 Å². The molecule has 0 aliphatic rings. The van der Waals surface area contributed by atoms with Crippen LogP contribution in [0.5, 0.6) is 0 Å². The topological polar surface area (TPSA) is 0 Å². The summed E-state index contributed by atoms with van der Waals surface area (Å²) in [6.07, 6.45) is -2.39. The Balaban J connectivity index is 3.85. The Bertz CT molecular complexity index is 146. The second kappa shape index (κ2) is 4.53. The molecule has 12 heavy (non-hydrogen) atoms. The van der Waals surface area contributed by atoms with Crippen LogP contribution in [-0.2, 0) is 0 Å². The van der Waals surface area contributed by atoms with Gasteiger partial charge in [0.1, 0.15) is 0 Å². The fourth-order valence-corrected chi connectivity index (χ4v) is 1.13. The molecule has 0 saturated heterocycles. The molecule has 0 bridgehead atoms. The van der Waals surface area contributed by atoms with Gasteiger partial charge in [0.25, 0.3) is 0 Å². The summed E-state index contributed by atoms with van der Waals surface area (Å²) in [4.78, 5) is 0. The molecule has 0 saturated carbocycles. The van der Waals surface area contributed by atoms with E-state index in [0.717, 1.165) is 12.8 Å². The molecule has 0 amide bonds. The molecule has 0 fully saturated rings. The van der Waals surface area contributed by atoms with Crippen LogP contribution in [0.2, 0.25) is 0 Å². The van der Waals surface area contributed by atoms with E-state index in [9.17, 15) is 13.2 Å². The van der Waals surface area contributed by atoms with E-state index in [2.05, 4.69) is 6.58 Å². The predicted octanol–water partition coefficient (Wildman–Crippen LogP) is 3.93. The van der Waals surface area contributed by atoms with Gasteiger partial charge in [-0.2, -0.15) is 13.2 Å². The minimum atomic E-state index is -4.21. The van der Waals surface area contributed by atoms with Gasteiger partial charge < -0.3 is 0 Å². The molecule has 0 aliphatic heterocycles. The summed E-state index contributed by atoms with van der Waals surface area (Å²) in [6.45, 7) is 6.81. The summed E-state index contributed by atoms with van der Waals surface area (Å²) in [5.41, 5.74) is -0.608. The molecule has 0 aromatic carbocycles. The van der Waals surface area contributed by atoms with E-state index in [1.807, 2.05) is 13.8 Å². The molecule has 0 radical (unpaired) electrons. The maximum absolute atomic E-state index is 12.0. The van der Waals surface area contributed by atoms with Crippen molar-refractivity contribution in [3.8, 4) is 0 Å². The lowest BCUT2D eigenvalue weighted by atomic mass is 9.97. The highest BCUT2D eigenvalue weighted by Gasteiger charge is 2.31. The van der Waals surface area contributed by atoms with Crippen molar-refractivity contribution >= 4 is 0 Å². The van der Waals surface area contributed by atoms with Crippen molar-refractivity contribution in [2.24, 2.45) is 5.92 Å². The summed E-state index contributed by atoms with van der Waals surface area (Å²) in [5, 5.41) is 0. The molecule has 3 heteroatoms. The molecule has 0 N–H and O–H groups in total. The zero-order valence-electron chi connectivity index (χ0n) is 7.54. The molecule has 1 atom stereocenters. The molecule has 0 aromatic heterocycles. The second-order valence-electron chi connectivity index (χ2n) is 3.20. The monoisotopic (exact) mass is 180 g/mol. The van der Waals surface area contributed by atoms with Crippen LogP contribution in [0, 0.1) is 5.92 Å². The van der Waals surface area contributed by atoms with Gasteiger partial charge in [-0.25, -0.2) is 0 Å².